The maximum atomic E-state index is 10.9. The topological polar surface area (TPSA) is 87.0 Å². The van der Waals surface area contributed by atoms with E-state index in [1.165, 1.54) is 10.7 Å². The summed E-state index contributed by atoms with van der Waals surface area (Å²) in [6.07, 6.45) is 1.72. The van der Waals surface area contributed by atoms with Gasteiger partial charge in [0.25, 0.3) is 5.69 Å². The van der Waals surface area contributed by atoms with Gasteiger partial charge in [0.05, 0.1) is 10.6 Å². The molecule has 0 spiro atoms. The molecule has 0 bridgehead atoms. The summed E-state index contributed by atoms with van der Waals surface area (Å²) in [6, 6.07) is 6.47. The Hall–Kier alpha value is -2.21. The summed E-state index contributed by atoms with van der Waals surface area (Å²) in [4.78, 5) is 10.5. The van der Waals surface area contributed by atoms with Gasteiger partial charge in [-0.25, -0.2) is 4.68 Å². The Morgan fingerprint density at radius 1 is 1.47 bits per heavy atom. The Labute approximate surface area is 97.8 Å². The number of nitrogens with two attached hydrogens (primary N) is 1. The van der Waals surface area contributed by atoms with Gasteiger partial charge in [0.15, 0.2) is 0 Å². The molecule has 0 radical (unpaired) electrons. The summed E-state index contributed by atoms with van der Waals surface area (Å²) < 4.78 is 1.50. The normalized spacial score (nSPS) is 10.5. The molecule has 6 nitrogen and oxygen atoms in total. The fraction of sp³-hybridized carbons (Fsp3) is 0.182. The monoisotopic (exact) mass is 232 g/mol. The van der Waals surface area contributed by atoms with Crippen molar-refractivity contribution in [3.8, 4) is 5.69 Å². The number of nitrogens with zero attached hydrogens (tertiary/aromatic N) is 3. The summed E-state index contributed by atoms with van der Waals surface area (Å²) in [5, 5.41) is 15.1. The Morgan fingerprint density at radius 3 is 2.76 bits per heavy atom. The standard InChI is InChI=1S/C11H12N4O2/c1-8-9(6-12)7-14(13-8)10-4-2-3-5-11(10)15(16)17/h2-5,7H,6,12H2,1H3. The van der Waals surface area contributed by atoms with Gasteiger partial charge in [0, 0.05) is 24.4 Å². The Kier molecular flexibility index (Phi) is 2.88. The van der Waals surface area contributed by atoms with Crippen molar-refractivity contribution >= 4 is 5.69 Å². The van der Waals surface area contributed by atoms with E-state index in [1.807, 2.05) is 6.92 Å². The SMILES string of the molecule is Cc1nn(-c2ccccc2[N+](=O)[O-])cc1CN. The maximum Gasteiger partial charge on any atom is 0.294 e. The van der Waals surface area contributed by atoms with Crippen LogP contribution in [0.3, 0.4) is 0 Å². The van der Waals surface area contributed by atoms with Gasteiger partial charge in [-0.1, -0.05) is 12.1 Å². The van der Waals surface area contributed by atoms with Crippen LogP contribution in [0.4, 0.5) is 5.69 Å². The summed E-state index contributed by atoms with van der Waals surface area (Å²) in [6.45, 7) is 2.19. The van der Waals surface area contributed by atoms with E-state index in [9.17, 15) is 10.1 Å². The third kappa shape index (κ3) is 2.02. The molecule has 1 aromatic carbocycles. The molecule has 0 fully saturated rings. The minimum absolute atomic E-state index is 0.0265. The maximum absolute atomic E-state index is 10.9. The van der Waals surface area contributed by atoms with E-state index in [0.717, 1.165) is 11.3 Å². The number of benzene rings is 1. The van der Waals surface area contributed by atoms with Crippen LogP contribution in [0, 0.1) is 17.0 Å². The van der Waals surface area contributed by atoms with Gasteiger partial charge in [-0.2, -0.15) is 5.10 Å². The lowest BCUT2D eigenvalue weighted by molar-refractivity contribution is -0.384. The molecule has 0 saturated carbocycles. The fourth-order valence-corrected chi connectivity index (χ4v) is 1.63. The molecule has 0 amide bonds. The Balaban J connectivity index is 2.56. The molecule has 0 aliphatic heterocycles. The minimum Gasteiger partial charge on any atom is -0.326 e. The van der Waals surface area contributed by atoms with Crippen molar-refractivity contribution in [2.24, 2.45) is 5.73 Å². The summed E-state index contributed by atoms with van der Waals surface area (Å²) in [7, 11) is 0. The second-order valence-corrected chi connectivity index (χ2v) is 3.63. The van der Waals surface area contributed by atoms with Gasteiger partial charge in [0.1, 0.15) is 5.69 Å². The minimum atomic E-state index is -0.422. The van der Waals surface area contributed by atoms with Gasteiger partial charge in [-0.3, -0.25) is 10.1 Å². The first-order chi connectivity index (χ1) is 8.13. The highest BCUT2D eigenvalue weighted by atomic mass is 16.6. The van der Waals surface area contributed by atoms with Gasteiger partial charge >= 0.3 is 0 Å². The zero-order valence-corrected chi connectivity index (χ0v) is 9.33. The number of hydrogen-bond donors (Lipinski definition) is 1. The van der Waals surface area contributed by atoms with Gasteiger partial charge in [0.2, 0.25) is 0 Å². The molecule has 0 atom stereocenters. The van der Waals surface area contributed by atoms with Crippen LogP contribution in [0.1, 0.15) is 11.3 Å². The average Bonchev–Trinajstić information content (AvgIpc) is 2.70. The molecule has 1 heterocycles. The average molecular weight is 232 g/mol. The molecule has 0 unspecified atom stereocenters. The number of para-hydroxylation sites is 2. The summed E-state index contributed by atoms with van der Waals surface area (Å²) in [5.41, 5.74) is 7.68. The lowest BCUT2D eigenvalue weighted by Gasteiger charge is -2.01. The van der Waals surface area contributed by atoms with Crippen molar-refractivity contribution in [1.29, 1.82) is 0 Å². The van der Waals surface area contributed by atoms with Crippen LogP contribution in [-0.2, 0) is 6.54 Å². The molecule has 1 aromatic heterocycles. The lowest BCUT2D eigenvalue weighted by Crippen LogP contribution is -2.00. The molecule has 17 heavy (non-hydrogen) atoms. The molecule has 2 N–H and O–H groups in total. The van der Waals surface area contributed by atoms with Crippen LogP contribution in [-0.4, -0.2) is 14.7 Å². The molecular formula is C11H12N4O2. The fourth-order valence-electron chi connectivity index (χ4n) is 1.63. The van der Waals surface area contributed by atoms with E-state index in [4.69, 9.17) is 5.73 Å². The van der Waals surface area contributed by atoms with Crippen LogP contribution in [0.25, 0.3) is 5.69 Å². The number of aryl methyl sites for hydroxylation is 1. The highest BCUT2D eigenvalue weighted by molar-refractivity contribution is 5.51. The third-order valence-corrected chi connectivity index (χ3v) is 2.55. The quantitative estimate of drug-likeness (QED) is 0.642. The predicted molar refractivity (Wildman–Crippen MR) is 62.8 cm³/mol. The van der Waals surface area contributed by atoms with Crippen LogP contribution in [0.15, 0.2) is 30.5 Å². The molecule has 88 valence electrons. The number of rotatable bonds is 3. The van der Waals surface area contributed by atoms with Gasteiger partial charge in [-0.05, 0) is 13.0 Å². The third-order valence-electron chi connectivity index (χ3n) is 2.55. The van der Waals surface area contributed by atoms with Crippen molar-refractivity contribution in [3.05, 3.63) is 51.8 Å². The highest BCUT2D eigenvalue weighted by Crippen LogP contribution is 2.22. The molecule has 0 saturated heterocycles. The molecular weight excluding hydrogens is 220 g/mol. The van der Waals surface area contributed by atoms with Gasteiger partial charge < -0.3 is 5.73 Å². The van der Waals surface area contributed by atoms with E-state index in [2.05, 4.69) is 5.10 Å². The number of aromatic nitrogens is 2. The van der Waals surface area contributed by atoms with Crippen molar-refractivity contribution in [1.82, 2.24) is 9.78 Å². The van der Waals surface area contributed by atoms with Gasteiger partial charge in [-0.15, -0.1) is 0 Å². The van der Waals surface area contributed by atoms with E-state index < -0.39 is 4.92 Å². The first-order valence-corrected chi connectivity index (χ1v) is 5.12. The van der Waals surface area contributed by atoms with Crippen molar-refractivity contribution in [2.45, 2.75) is 13.5 Å². The molecule has 0 aliphatic rings. The number of nitro groups is 1. The van der Waals surface area contributed by atoms with E-state index in [-0.39, 0.29) is 5.69 Å². The van der Waals surface area contributed by atoms with Crippen LogP contribution < -0.4 is 5.73 Å². The van der Waals surface area contributed by atoms with Crippen LogP contribution >= 0.6 is 0 Å². The van der Waals surface area contributed by atoms with Crippen molar-refractivity contribution in [2.75, 3.05) is 0 Å². The Morgan fingerprint density at radius 2 is 2.18 bits per heavy atom. The highest BCUT2D eigenvalue weighted by Gasteiger charge is 2.15. The molecule has 0 aliphatic carbocycles. The second kappa shape index (κ2) is 4.34. The first-order valence-electron chi connectivity index (χ1n) is 5.12. The number of nitro benzene ring substituents is 1. The van der Waals surface area contributed by atoms with Crippen LogP contribution in [0.5, 0.6) is 0 Å². The van der Waals surface area contributed by atoms with Crippen LogP contribution in [0.2, 0.25) is 0 Å². The molecule has 2 rings (SSSR count). The number of hydrogen-bond acceptors (Lipinski definition) is 4. The van der Waals surface area contributed by atoms with E-state index >= 15 is 0 Å². The largest absolute Gasteiger partial charge is 0.326 e. The summed E-state index contributed by atoms with van der Waals surface area (Å²) >= 11 is 0. The van der Waals surface area contributed by atoms with E-state index in [1.54, 1.807) is 24.4 Å². The Bertz CT molecular complexity index is 562. The molecule has 2 aromatic rings. The second-order valence-electron chi connectivity index (χ2n) is 3.63. The molecule has 6 heteroatoms. The summed E-state index contributed by atoms with van der Waals surface area (Å²) in [5.74, 6) is 0. The first kappa shape index (κ1) is 11.3. The predicted octanol–water partition coefficient (Wildman–Crippen LogP) is 1.55. The van der Waals surface area contributed by atoms with Crippen molar-refractivity contribution < 1.29 is 4.92 Å². The van der Waals surface area contributed by atoms with Crippen molar-refractivity contribution in [3.63, 3.8) is 0 Å². The zero-order chi connectivity index (χ0) is 12.4. The lowest BCUT2D eigenvalue weighted by atomic mass is 10.2. The smallest absolute Gasteiger partial charge is 0.294 e. The zero-order valence-electron chi connectivity index (χ0n) is 9.33. The van der Waals surface area contributed by atoms with E-state index in [0.29, 0.717) is 12.2 Å².